The van der Waals surface area contributed by atoms with Gasteiger partial charge in [-0.05, 0) is 55.3 Å². The molecular formula is C23H20F3N5. The highest BCUT2D eigenvalue weighted by Gasteiger charge is 2.30. The molecule has 5 rings (SSSR count). The predicted molar refractivity (Wildman–Crippen MR) is 113 cm³/mol. The van der Waals surface area contributed by atoms with Gasteiger partial charge in [-0.3, -0.25) is 4.98 Å². The van der Waals surface area contributed by atoms with Gasteiger partial charge in [0.05, 0.1) is 16.6 Å². The van der Waals surface area contributed by atoms with Crippen LogP contribution in [0.15, 0.2) is 60.9 Å². The van der Waals surface area contributed by atoms with Crippen molar-refractivity contribution in [3.05, 3.63) is 72.2 Å². The maximum atomic E-state index is 12.9. The minimum absolute atomic E-state index is 0.352. The van der Waals surface area contributed by atoms with Crippen LogP contribution in [0.5, 0.6) is 0 Å². The van der Waals surface area contributed by atoms with Gasteiger partial charge in [0.25, 0.3) is 0 Å². The van der Waals surface area contributed by atoms with Gasteiger partial charge in [-0.1, -0.05) is 6.07 Å². The minimum atomic E-state index is -4.38. The number of aromatic amines is 1. The molecule has 0 amide bonds. The van der Waals surface area contributed by atoms with Gasteiger partial charge in [0.2, 0.25) is 0 Å². The van der Waals surface area contributed by atoms with Crippen molar-refractivity contribution in [1.82, 2.24) is 19.9 Å². The molecule has 0 spiro atoms. The fourth-order valence-electron chi connectivity index (χ4n) is 4.06. The standard InChI is InChI=1S/C23H20F3N5/c24-23(25,26)17-5-6-19-20(13-17)30-22(29-19)16-4-7-21(28-14-16)31-11-8-15(9-12-31)18-3-1-2-10-27-18/h1-7,10,13-15H,8-9,11-12H2,(H,29,30). The highest BCUT2D eigenvalue weighted by atomic mass is 19.4. The first-order valence-corrected chi connectivity index (χ1v) is 10.2. The molecule has 8 heteroatoms. The van der Waals surface area contributed by atoms with Crippen molar-refractivity contribution in [2.24, 2.45) is 0 Å². The smallest absolute Gasteiger partial charge is 0.357 e. The number of imidazole rings is 1. The molecule has 1 aliphatic heterocycles. The Kier molecular flexibility index (Phi) is 4.84. The van der Waals surface area contributed by atoms with E-state index in [0.29, 0.717) is 22.8 Å². The molecule has 0 saturated carbocycles. The summed E-state index contributed by atoms with van der Waals surface area (Å²) in [7, 11) is 0. The molecular weight excluding hydrogens is 403 g/mol. The van der Waals surface area contributed by atoms with Gasteiger partial charge in [-0.25, -0.2) is 9.97 Å². The van der Waals surface area contributed by atoms with E-state index < -0.39 is 11.7 Å². The number of fused-ring (bicyclic) bond motifs is 1. The molecule has 1 fully saturated rings. The van der Waals surface area contributed by atoms with E-state index in [1.165, 1.54) is 6.07 Å². The van der Waals surface area contributed by atoms with Crippen molar-refractivity contribution in [3.63, 3.8) is 0 Å². The Balaban J connectivity index is 1.30. The quantitative estimate of drug-likeness (QED) is 0.478. The Morgan fingerprint density at radius 2 is 1.81 bits per heavy atom. The third-order valence-electron chi connectivity index (χ3n) is 5.76. The number of alkyl halides is 3. The number of pyridine rings is 2. The van der Waals surface area contributed by atoms with Crippen molar-refractivity contribution in [1.29, 1.82) is 0 Å². The summed E-state index contributed by atoms with van der Waals surface area (Å²) in [6.45, 7) is 1.80. The van der Waals surface area contributed by atoms with Gasteiger partial charge in [0.15, 0.2) is 0 Å². The number of hydrogen-bond donors (Lipinski definition) is 1. The lowest BCUT2D eigenvalue weighted by Gasteiger charge is -2.32. The first-order chi connectivity index (χ1) is 15.0. The highest BCUT2D eigenvalue weighted by Crippen LogP contribution is 2.32. The summed E-state index contributed by atoms with van der Waals surface area (Å²) in [5.74, 6) is 1.86. The SMILES string of the molecule is FC(F)(F)c1ccc2nc(-c3ccc(N4CCC(c5ccccn5)CC4)nc3)[nH]c2c1. The molecule has 1 saturated heterocycles. The Labute approximate surface area is 177 Å². The molecule has 0 atom stereocenters. The molecule has 1 aliphatic rings. The summed E-state index contributed by atoms with van der Waals surface area (Å²) in [6, 6.07) is 13.4. The molecule has 0 aliphatic carbocycles. The largest absolute Gasteiger partial charge is 0.416 e. The number of nitrogens with zero attached hydrogens (tertiary/aromatic N) is 4. The van der Waals surface area contributed by atoms with Crippen LogP contribution in [0, 0.1) is 0 Å². The van der Waals surface area contributed by atoms with Crippen LogP contribution in [-0.2, 0) is 6.18 Å². The number of halogens is 3. The lowest BCUT2D eigenvalue weighted by atomic mass is 9.93. The zero-order valence-electron chi connectivity index (χ0n) is 16.6. The molecule has 1 aromatic carbocycles. The van der Waals surface area contributed by atoms with Crippen molar-refractivity contribution in [3.8, 4) is 11.4 Å². The molecule has 0 unspecified atom stereocenters. The zero-order chi connectivity index (χ0) is 21.4. The van der Waals surface area contributed by atoms with Crippen molar-refractivity contribution in [2.45, 2.75) is 24.9 Å². The fraction of sp³-hybridized carbons (Fsp3) is 0.261. The van der Waals surface area contributed by atoms with Gasteiger partial charge in [-0.2, -0.15) is 13.2 Å². The first kappa shape index (κ1) is 19.5. The van der Waals surface area contributed by atoms with E-state index in [4.69, 9.17) is 0 Å². The van der Waals surface area contributed by atoms with Crippen LogP contribution in [0.25, 0.3) is 22.4 Å². The molecule has 4 heterocycles. The summed E-state index contributed by atoms with van der Waals surface area (Å²) in [4.78, 5) is 18.7. The Bertz CT molecular complexity index is 1180. The average molecular weight is 423 g/mol. The number of benzene rings is 1. The lowest BCUT2D eigenvalue weighted by Crippen LogP contribution is -2.33. The maximum Gasteiger partial charge on any atom is 0.416 e. The molecule has 4 aromatic rings. The van der Waals surface area contributed by atoms with Crippen LogP contribution >= 0.6 is 0 Å². The Morgan fingerprint density at radius 3 is 2.48 bits per heavy atom. The number of aromatic nitrogens is 4. The summed E-state index contributed by atoms with van der Waals surface area (Å²) in [6.07, 6.45) is 1.20. The van der Waals surface area contributed by atoms with E-state index in [1.54, 1.807) is 6.20 Å². The molecule has 3 aromatic heterocycles. The second kappa shape index (κ2) is 7.68. The van der Waals surface area contributed by atoms with E-state index >= 15 is 0 Å². The van der Waals surface area contributed by atoms with Crippen LogP contribution in [0.3, 0.4) is 0 Å². The van der Waals surface area contributed by atoms with Crippen LogP contribution in [-0.4, -0.2) is 33.0 Å². The number of anilines is 1. The minimum Gasteiger partial charge on any atom is -0.357 e. The monoisotopic (exact) mass is 423 g/mol. The van der Waals surface area contributed by atoms with Crippen molar-refractivity contribution < 1.29 is 13.2 Å². The summed E-state index contributed by atoms with van der Waals surface area (Å²) in [5.41, 5.74) is 2.02. The molecule has 5 nitrogen and oxygen atoms in total. The predicted octanol–water partition coefficient (Wildman–Crippen LogP) is 5.42. The zero-order valence-corrected chi connectivity index (χ0v) is 16.6. The van der Waals surface area contributed by atoms with E-state index in [2.05, 4.69) is 30.9 Å². The third kappa shape index (κ3) is 3.97. The van der Waals surface area contributed by atoms with Crippen LogP contribution in [0.2, 0.25) is 0 Å². The number of hydrogen-bond acceptors (Lipinski definition) is 4. The highest BCUT2D eigenvalue weighted by molar-refractivity contribution is 5.80. The molecule has 158 valence electrons. The second-order valence-corrected chi connectivity index (χ2v) is 7.74. The molecule has 0 radical (unpaired) electrons. The number of nitrogens with one attached hydrogen (secondary N) is 1. The third-order valence-corrected chi connectivity index (χ3v) is 5.76. The number of rotatable bonds is 3. The number of piperidine rings is 1. The van der Waals surface area contributed by atoms with Crippen LogP contribution in [0.1, 0.15) is 30.0 Å². The second-order valence-electron chi connectivity index (χ2n) is 7.74. The Hall–Kier alpha value is -3.42. The van der Waals surface area contributed by atoms with Gasteiger partial charge >= 0.3 is 6.18 Å². The molecule has 31 heavy (non-hydrogen) atoms. The number of H-pyrrole nitrogens is 1. The van der Waals surface area contributed by atoms with Gasteiger partial charge in [0, 0.05) is 42.7 Å². The topological polar surface area (TPSA) is 57.7 Å². The van der Waals surface area contributed by atoms with Crippen LogP contribution < -0.4 is 4.90 Å². The molecule has 0 bridgehead atoms. The summed E-state index contributed by atoms with van der Waals surface area (Å²) >= 11 is 0. The van der Waals surface area contributed by atoms with E-state index in [0.717, 1.165) is 55.1 Å². The van der Waals surface area contributed by atoms with E-state index in [9.17, 15) is 13.2 Å². The van der Waals surface area contributed by atoms with E-state index in [-0.39, 0.29) is 0 Å². The fourth-order valence-corrected chi connectivity index (χ4v) is 4.06. The molecule has 1 N–H and O–H groups in total. The van der Waals surface area contributed by atoms with Gasteiger partial charge in [-0.15, -0.1) is 0 Å². The Morgan fingerprint density at radius 1 is 0.968 bits per heavy atom. The average Bonchev–Trinajstić information content (AvgIpc) is 3.23. The lowest BCUT2D eigenvalue weighted by molar-refractivity contribution is -0.137. The van der Waals surface area contributed by atoms with Gasteiger partial charge < -0.3 is 9.88 Å². The maximum absolute atomic E-state index is 12.9. The summed E-state index contributed by atoms with van der Waals surface area (Å²) < 4.78 is 38.8. The van der Waals surface area contributed by atoms with E-state index in [1.807, 2.05) is 30.5 Å². The van der Waals surface area contributed by atoms with Crippen LogP contribution in [0.4, 0.5) is 19.0 Å². The van der Waals surface area contributed by atoms with Crippen molar-refractivity contribution >= 4 is 16.9 Å². The summed E-state index contributed by atoms with van der Waals surface area (Å²) in [5, 5.41) is 0. The first-order valence-electron chi connectivity index (χ1n) is 10.2. The van der Waals surface area contributed by atoms with Crippen molar-refractivity contribution in [2.75, 3.05) is 18.0 Å². The normalized spacial score (nSPS) is 15.5. The van der Waals surface area contributed by atoms with Gasteiger partial charge in [0.1, 0.15) is 11.6 Å².